The number of nitrogen functional groups attached to an aromatic ring is 1. The van der Waals surface area contributed by atoms with E-state index in [1.807, 2.05) is 12.1 Å². The van der Waals surface area contributed by atoms with E-state index in [-0.39, 0.29) is 11.5 Å². The van der Waals surface area contributed by atoms with Gasteiger partial charge in [0.2, 0.25) is 0 Å². The molecule has 4 N–H and O–H groups in total. The molecular formula is C12H20N2. The van der Waals surface area contributed by atoms with Crippen molar-refractivity contribution in [3.05, 3.63) is 29.3 Å². The zero-order valence-corrected chi connectivity index (χ0v) is 9.46. The fourth-order valence-corrected chi connectivity index (χ4v) is 1.43. The van der Waals surface area contributed by atoms with Crippen molar-refractivity contribution in [1.29, 1.82) is 0 Å². The Bertz CT molecular complexity index is 324. The van der Waals surface area contributed by atoms with Crippen molar-refractivity contribution in [1.82, 2.24) is 0 Å². The summed E-state index contributed by atoms with van der Waals surface area (Å²) in [6.07, 6.45) is 0. The molecule has 0 aliphatic carbocycles. The standard InChI is InChI=1S/C12H20N2/c1-8-5-6-10(13)9(7-8)11(14)12(2,3)4/h5-7,11H,13-14H2,1-4H3/t11-/m1/s1. The summed E-state index contributed by atoms with van der Waals surface area (Å²) < 4.78 is 0. The van der Waals surface area contributed by atoms with Gasteiger partial charge in [-0.05, 0) is 24.0 Å². The number of hydrogen-bond acceptors (Lipinski definition) is 2. The van der Waals surface area contributed by atoms with Gasteiger partial charge in [-0.2, -0.15) is 0 Å². The number of aryl methyl sites for hydroxylation is 1. The molecule has 0 radical (unpaired) electrons. The summed E-state index contributed by atoms with van der Waals surface area (Å²) in [5.41, 5.74) is 15.2. The predicted octanol–water partition coefficient (Wildman–Crippen LogP) is 2.62. The molecule has 0 aromatic heterocycles. The van der Waals surface area contributed by atoms with Crippen molar-refractivity contribution >= 4 is 5.69 Å². The Balaban J connectivity index is 3.12. The van der Waals surface area contributed by atoms with Crippen LogP contribution in [0.1, 0.15) is 37.9 Å². The smallest absolute Gasteiger partial charge is 0.0364 e. The number of nitrogens with two attached hydrogens (primary N) is 2. The fourth-order valence-electron chi connectivity index (χ4n) is 1.43. The van der Waals surface area contributed by atoms with Gasteiger partial charge in [-0.1, -0.05) is 38.5 Å². The molecule has 0 amide bonds. The third-order valence-electron chi connectivity index (χ3n) is 2.51. The number of benzene rings is 1. The van der Waals surface area contributed by atoms with Crippen molar-refractivity contribution in [3.8, 4) is 0 Å². The monoisotopic (exact) mass is 192 g/mol. The first-order valence-corrected chi connectivity index (χ1v) is 4.94. The van der Waals surface area contributed by atoms with E-state index in [1.165, 1.54) is 5.56 Å². The summed E-state index contributed by atoms with van der Waals surface area (Å²) >= 11 is 0. The number of rotatable bonds is 1. The van der Waals surface area contributed by atoms with Crippen LogP contribution in [0.5, 0.6) is 0 Å². The third-order valence-corrected chi connectivity index (χ3v) is 2.51. The molecule has 2 nitrogen and oxygen atoms in total. The second-order valence-corrected chi connectivity index (χ2v) is 4.98. The van der Waals surface area contributed by atoms with Gasteiger partial charge in [-0.15, -0.1) is 0 Å². The normalized spacial score (nSPS) is 14.1. The largest absolute Gasteiger partial charge is 0.398 e. The van der Waals surface area contributed by atoms with Crippen LogP contribution in [-0.2, 0) is 0 Å². The van der Waals surface area contributed by atoms with Crippen LogP contribution in [0.3, 0.4) is 0 Å². The Labute approximate surface area is 86.3 Å². The van der Waals surface area contributed by atoms with E-state index in [0.717, 1.165) is 11.3 Å². The fraction of sp³-hybridized carbons (Fsp3) is 0.500. The van der Waals surface area contributed by atoms with Gasteiger partial charge in [0.1, 0.15) is 0 Å². The highest BCUT2D eigenvalue weighted by Gasteiger charge is 2.23. The topological polar surface area (TPSA) is 52.0 Å². The van der Waals surface area contributed by atoms with Crippen LogP contribution in [0.25, 0.3) is 0 Å². The second kappa shape index (κ2) is 3.62. The van der Waals surface area contributed by atoms with Crippen LogP contribution < -0.4 is 11.5 Å². The molecule has 2 heteroatoms. The molecule has 0 aliphatic rings. The first kappa shape index (κ1) is 11.1. The maximum Gasteiger partial charge on any atom is 0.0364 e. The zero-order chi connectivity index (χ0) is 10.9. The maximum atomic E-state index is 6.16. The van der Waals surface area contributed by atoms with Crippen LogP contribution in [0.15, 0.2) is 18.2 Å². The average Bonchev–Trinajstić information content (AvgIpc) is 2.06. The molecule has 0 saturated carbocycles. The van der Waals surface area contributed by atoms with Crippen molar-refractivity contribution in [2.24, 2.45) is 11.1 Å². The molecule has 0 bridgehead atoms. The summed E-state index contributed by atoms with van der Waals surface area (Å²) in [4.78, 5) is 0. The summed E-state index contributed by atoms with van der Waals surface area (Å²) in [5, 5.41) is 0. The highest BCUT2D eigenvalue weighted by atomic mass is 14.7. The van der Waals surface area contributed by atoms with Gasteiger partial charge in [0.15, 0.2) is 0 Å². The quantitative estimate of drug-likeness (QED) is 0.672. The molecule has 1 aromatic rings. The van der Waals surface area contributed by atoms with E-state index < -0.39 is 0 Å². The van der Waals surface area contributed by atoms with Crippen LogP contribution in [0.4, 0.5) is 5.69 Å². The molecule has 1 rings (SSSR count). The summed E-state index contributed by atoms with van der Waals surface area (Å²) in [7, 11) is 0. The maximum absolute atomic E-state index is 6.16. The molecular weight excluding hydrogens is 172 g/mol. The van der Waals surface area contributed by atoms with Gasteiger partial charge in [-0.3, -0.25) is 0 Å². The van der Waals surface area contributed by atoms with Crippen LogP contribution in [0, 0.1) is 12.3 Å². The van der Waals surface area contributed by atoms with E-state index in [4.69, 9.17) is 11.5 Å². The van der Waals surface area contributed by atoms with Crippen LogP contribution >= 0.6 is 0 Å². The van der Waals surface area contributed by atoms with Crippen LogP contribution in [-0.4, -0.2) is 0 Å². The van der Waals surface area contributed by atoms with Gasteiger partial charge < -0.3 is 11.5 Å². The van der Waals surface area contributed by atoms with E-state index >= 15 is 0 Å². The Hall–Kier alpha value is -1.02. The minimum atomic E-state index is -0.0117. The van der Waals surface area contributed by atoms with Crippen molar-refractivity contribution in [3.63, 3.8) is 0 Å². The van der Waals surface area contributed by atoms with Gasteiger partial charge in [-0.25, -0.2) is 0 Å². The van der Waals surface area contributed by atoms with Crippen molar-refractivity contribution in [2.75, 3.05) is 5.73 Å². The van der Waals surface area contributed by atoms with Gasteiger partial charge in [0.25, 0.3) is 0 Å². The van der Waals surface area contributed by atoms with E-state index in [2.05, 4.69) is 33.8 Å². The van der Waals surface area contributed by atoms with Crippen molar-refractivity contribution < 1.29 is 0 Å². The predicted molar refractivity (Wildman–Crippen MR) is 62.0 cm³/mol. The molecule has 0 saturated heterocycles. The summed E-state index contributed by atoms with van der Waals surface area (Å²) in [6.45, 7) is 8.43. The van der Waals surface area contributed by atoms with Gasteiger partial charge in [0, 0.05) is 11.7 Å². The van der Waals surface area contributed by atoms with Gasteiger partial charge >= 0.3 is 0 Å². The molecule has 0 unspecified atom stereocenters. The van der Waals surface area contributed by atoms with Gasteiger partial charge in [0.05, 0.1) is 0 Å². The minimum Gasteiger partial charge on any atom is -0.398 e. The average molecular weight is 192 g/mol. The Morgan fingerprint density at radius 1 is 1.21 bits per heavy atom. The lowest BCUT2D eigenvalue weighted by molar-refractivity contribution is 0.327. The zero-order valence-electron chi connectivity index (χ0n) is 9.46. The van der Waals surface area contributed by atoms with Crippen molar-refractivity contribution in [2.45, 2.75) is 33.7 Å². The lowest BCUT2D eigenvalue weighted by Gasteiger charge is -2.28. The lowest BCUT2D eigenvalue weighted by atomic mass is 9.82. The molecule has 1 atom stereocenters. The third kappa shape index (κ3) is 2.26. The molecule has 0 heterocycles. The minimum absolute atomic E-state index is 0.0117. The first-order valence-electron chi connectivity index (χ1n) is 4.94. The highest BCUT2D eigenvalue weighted by molar-refractivity contribution is 5.50. The number of anilines is 1. The molecule has 14 heavy (non-hydrogen) atoms. The van der Waals surface area contributed by atoms with E-state index in [0.29, 0.717) is 0 Å². The molecule has 0 spiro atoms. The Kier molecular flexibility index (Phi) is 2.86. The molecule has 1 aromatic carbocycles. The van der Waals surface area contributed by atoms with E-state index in [9.17, 15) is 0 Å². The molecule has 0 fully saturated rings. The second-order valence-electron chi connectivity index (χ2n) is 4.98. The highest BCUT2D eigenvalue weighted by Crippen LogP contribution is 2.33. The SMILES string of the molecule is Cc1ccc(N)c([C@@H](N)C(C)(C)C)c1. The Morgan fingerprint density at radius 2 is 1.79 bits per heavy atom. The molecule has 0 aliphatic heterocycles. The van der Waals surface area contributed by atoms with E-state index in [1.54, 1.807) is 0 Å². The van der Waals surface area contributed by atoms with Crippen LogP contribution in [0.2, 0.25) is 0 Å². The lowest BCUT2D eigenvalue weighted by Crippen LogP contribution is -2.27. The Morgan fingerprint density at radius 3 is 2.29 bits per heavy atom. The summed E-state index contributed by atoms with van der Waals surface area (Å²) in [5.74, 6) is 0. The summed E-state index contributed by atoms with van der Waals surface area (Å²) in [6, 6.07) is 6.00. The first-order chi connectivity index (χ1) is 6.32. The molecule has 78 valence electrons. The number of hydrogen-bond donors (Lipinski definition) is 2.